The van der Waals surface area contributed by atoms with Crippen LogP contribution in [0, 0.1) is 13.8 Å². The van der Waals surface area contributed by atoms with Gasteiger partial charge in [0.2, 0.25) is 0 Å². The van der Waals surface area contributed by atoms with Gasteiger partial charge in [-0.25, -0.2) is 0 Å². The van der Waals surface area contributed by atoms with Crippen molar-refractivity contribution in [1.82, 2.24) is 10.3 Å². The number of carbonyl (C=O) groups is 1. The summed E-state index contributed by atoms with van der Waals surface area (Å²) >= 11 is 0. The fraction of sp³-hybridized carbons (Fsp3) is 0.235. The third-order valence-electron chi connectivity index (χ3n) is 3.74. The molecular weight excluding hydrogens is 264 g/mol. The van der Waals surface area contributed by atoms with E-state index in [2.05, 4.69) is 22.4 Å². The monoisotopic (exact) mass is 282 g/mol. The van der Waals surface area contributed by atoms with E-state index in [1.54, 1.807) is 6.26 Å². The molecule has 0 aliphatic heterocycles. The van der Waals surface area contributed by atoms with Crippen LogP contribution in [0.5, 0.6) is 0 Å². The molecule has 0 spiro atoms. The van der Waals surface area contributed by atoms with Crippen LogP contribution in [-0.2, 0) is 6.42 Å². The third-order valence-corrected chi connectivity index (χ3v) is 3.74. The summed E-state index contributed by atoms with van der Waals surface area (Å²) in [6, 6.07) is 8.17. The number of aryl methyl sites for hydroxylation is 2. The highest BCUT2D eigenvalue weighted by Crippen LogP contribution is 2.18. The van der Waals surface area contributed by atoms with Gasteiger partial charge in [-0.15, -0.1) is 0 Å². The molecule has 0 radical (unpaired) electrons. The number of carbonyl (C=O) groups excluding carboxylic acids is 1. The first-order valence-corrected chi connectivity index (χ1v) is 7.04. The van der Waals surface area contributed by atoms with E-state index in [0.29, 0.717) is 17.9 Å². The topological polar surface area (TPSA) is 58.0 Å². The molecule has 4 heteroatoms. The number of para-hydroxylation sites is 1. The van der Waals surface area contributed by atoms with E-state index in [1.807, 2.05) is 32.2 Å². The molecule has 1 amide bonds. The number of nitrogens with one attached hydrogen (secondary N) is 2. The van der Waals surface area contributed by atoms with Crippen LogP contribution >= 0.6 is 0 Å². The van der Waals surface area contributed by atoms with Gasteiger partial charge in [0, 0.05) is 29.2 Å². The number of fused-ring (bicyclic) bond motifs is 1. The quantitative estimate of drug-likeness (QED) is 0.771. The van der Waals surface area contributed by atoms with Gasteiger partial charge in [0.15, 0.2) is 0 Å². The third kappa shape index (κ3) is 2.57. The Balaban J connectivity index is 1.65. The van der Waals surface area contributed by atoms with Crippen molar-refractivity contribution in [1.29, 1.82) is 0 Å². The molecule has 0 saturated heterocycles. The summed E-state index contributed by atoms with van der Waals surface area (Å²) < 4.78 is 5.26. The van der Waals surface area contributed by atoms with Gasteiger partial charge in [-0.05, 0) is 31.9 Å². The van der Waals surface area contributed by atoms with E-state index in [-0.39, 0.29) is 5.91 Å². The minimum absolute atomic E-state index is 0.0707. The van der Waals surface area contributed by atoms with Crippen molar-refractivity contribution in [2.45, 2.75) is 20.3 Å². The molecule has 0 saturated carbocycles. The molecule has 108 valence electrons. The summed E-state index contributed by atoms with van der Waals surface area (Å²) in [5, 5.41) is 4.17. The van der Waals surface area contributed by atoms with E-state index in [9.17, 15) is 4.79 Å². The summed E-state index contributed by atoms with van der Waals surface area (Å²) in [5.41, 5.74) is 3.86. The molecule has 0 fully saturated rings. The molecule has 21 heavy (non-hydrogen) atoms. The molecule has 3 aromatic rings. The Morgan fingerprint density at radius 3 is 2.86 bits per heavy atom. The van der Waals surface area contributed by atoms with Crippen molar-refractivity contribution < 1.29 is 9.21 Å². The minimum Gasteiger partial charge on any atom is -0.469 e. The van der Waals surface area contributed by atoms with Crippen molar-refractivity contribution in [2.75, 3.05) is 6.54 Å². The van der Waals surface area contributed by atoms with Crippen LogP contribution in [0.15, 0.2) is 41.1 Å². The Morgan fingerprint density at radius 2 is 2.10 bits per heavy atom. The summed E-state index contributed by atoms with van der Waals surface area (Å²) in [6.45, 7) is 4.29. The lowest BCUT2D eigenvalue weighted by molar-refractivity contribution is 0.0952. The Hall–Kier alpha value is -2.49. The van der Waals surface area contributed by atoms with Crippen molar-refractivity contribution in [2.24, 2.45) is 0 Å². The highest BCUT2D eigenvalue weighted by atomic mass is 16.3. The van der Waals surface area contributed by atoms with Crippen LogP contribution in [-0.4, -0.2) is 17.4 Å². The molecule has 0 atom stereocenters. The van der Waals surface area contributed by atoms with Crippen LogP contribution < -0.4 is 5.32 Å². The van der Waals surface area contributed by atoms with Gasteiger partial charge in [-0.3, -0.25) is 4.79 Å². The van der Waals surface area contributed by atoms with Gasteiger partial charge >= 0.3 is 0 Å². The highest BCUT2D eigenvalue weighted by Gasteiger charge is 2.15. The van der Waals surface area contributed by atoms with E-state index >= 15 is 0 Å². The fourth-order valence-electron chi connectivity index (χ4n) is 2.65. The molecule has 0 aliphatic rings. The number of benzene rings is 1. The molecule has 0 unspecified atom stereocenters. The van der Waals surface area contributed by atoms with Gasteiger partial charge in [0.1, 0.15) is 5.76 Å². The number of amides is 1. The zero-order valence-electron chi connectivity index (χ0n) is 12.2. The smallest absolute Gasteiger partial charge is 0.255 e. The van der Waals surface area contributed by atoms with Gasteiger partial charge in [-0.1, -0.05) is 18.2 Å². The van der Waals surface area contributed by atoms with Crippen LogP contribution in [0.25, 0.3) is 10.9 Å². The standard InChI is InChI=1S/C17H18N2O2/c1-11-10-21-12(2)16(11)17(20)18-8-7-13-9-19-15-6-4-3-5-14(13)15/h3-6,9-10,19H,7-8H2,1-2H3,(H,18,20). The average Bonchev–Trinajstić information content (AvgIpc) is 3.03. The van der Waals surface area contributed by atoms with Gasteiger partial charge in [0.05, 0.1) is 11.8 Å². The van der Waals surface area contributed by atoms with Crippen molar-refractivity contribution in [3.63, 3.8) is 0 Å². The second-order valence-electron chi connectivity index (χ2n) is 5.22. The largest absolute Gasteiger partial charge is 0.469 e. The van der Waals surface area contributed by atoms with Crippen LogP contribution in [0.2, 0.25) is 0 Å². The average molecular weight is 282 g/mol. The van der Waals surface area contributed by atoms with Gasteiger partial charge in [-0.2, -0.15) is 0 Å². The minimum atomic E-state index is -0.0707. The maximum absolute atomic E-state index is 12.2. The maximum Gasteiger partial charge on any atom is 0.255 e. The molecule has 0 bridgehead atoms. The lowest BCUT2D eigenvalue weighted by atomic mass is 10.1. The number of rotatable bonds is 4. The van der Waals surface area contributed by atoms with Gasteiger partial charge < -0.3 is 14.7 Å². The zero-order valence-corrected chi connectivity index (χ0v) is 12.2. The molecule has 3 rings (SSSR count). The van der Waals surface area contributed by atoms with Crippen LogP contribution in [0.4, 0.5) is 0 Å². The van der Waals surface area contributed by atoms with E-state index in [1.165, 1.54) is 10.9 Å². The Bertz CT molecular complexity index is 764. The number of furan rings is 1. The molecule has 0 aliphatic carbocycles. The first-order valence-electron chi connectivity index (χ1n) is 7.04. The fourth-order valence-corrected chi connectivity index (χ4v) is 2.65. The number of H-pyrrole nitrogens is 1. The molecular formula is C17H18N2O2. The number of hydrogen-bond acceptors (Lipinski definition) is 2. The first-order chi connectivity index (χ1) is 10.2. The van der Waals surface area contributed by atoms with Gasteiger partial charge in [0.25, 0.3) is 5.91 Å². The molecule has 2 N–H and O–H groups in total. The SMILES string of the molecule is Cc1coc(C)c1C(=O)NCCc1c[nH]c2ccccc12. The van der Waals surface area contributed by atoms with Crippen molar-refractivity contribution >= 4 is 16.8 Å². The normalized spacial score (nSPS) is 11.0. The maximum atomic E-state index is 12.2. The summed E-state index contributed by atoms with van der Waals surface area (Å²) in [6.07, 6.45) is 4.42. The Kier molecular flexibility index (Phi) is 3.52. The second kappa shape index (κ2) is 5.48. The van der Waals surface area contributed by atoms with E-state index in [0.717, 1.165) is 17.5 Å². The molecule has 1 aromatic carbocycles. The Morgan fingerprint density at radius 1 is 1.29 bits per heavy atom. The second-order valence-corrected chi connectivity index (χ2v) is 5.22. The summed E-state index contributed by atoms with van der Waals surface area (Å²) in [5.74, 6) is 0.593. The zero-order chi connectivity index (χ0) is 14.8. The van der Waals surface area contributed by atoms with Crippen molar-refractivity contribution in [3.8, 4) is 0 Å². The van der Waals surface area contributed by atoms with Crippen LogP contribution in [0.3, 0.4) is 0 Å². The number of hydrogen-bond donors (Lipinski definition) is 2. The summed E-state index contributed by atoms with van der Waals surface area (Å²) in [7, 11) is 0. The lowest BCUT2D eigenvalue weighted by Crippen LogP contribution is -2.26. The molecule has 4 nitrogen and oxygen atoms in total. The predicted octanol–water partition coefficient (Wildman–Crippen LogP) is 3.35. The van der Waals surface area contributed by atoms with E-state index < -0.39 is 0 Å². The molecule has 2 heterocycles. The lowest BCUT2D eigenvalue weighted by Gasteiger charge is -2.05. The van der Waals surface area contributed by atoms with Crippen molar-refractivity contribution in [3.05, 3.63) is 59.2 Å². The van der Waals surface area contributed by atoms with Crippen LogP contribution in [0.1, 0.15) is 27.2 Å². The highest BCUT2D eigenvalue weighted by molar-refractivity contribution is 5.96. The summed E-state index contributed by atoms with van der Waals surface area (Å²) in [4.78, 5) is 15.4. The predicted molar refractivity (Wildman–Crippen MR) is 82.5 cm³/mol. The van der Waals surface area contributed by atoms with E-state index in [4.69, 9.17) is 4.42 Å². The number of aromatic amines is 1. The number of aromatic nitrogens is 1. The Labute approximate surface area is 123 Å². The molecule has 2 aromatic heterocycles. The first kappa shape index (κ1) is 13.5.